The molecule has 0 radical (unpaired) electrons. The molecule has 4 N–H and O–H groups in total. The number of hydrazine groups is 1. The zero-order chi connectivity index (χ0) is 11.5. The maximum atomic E-state index is 11.1. The fourth-order valence-corrected chi connectivity index (χ4v) is 1.26. The van der Waals surface area contributed by atoms with Crippen LogP contribution in [0.1, 0.15) is 51.9 Å². The van der Waals surface area contributed by atoms with E-state index in [1.165, 1.54) is 25.7 Å². The molecule has 0 atom stereocenters. The monoisotopic (exact) mass is 215 g/mol. The lowest BCUT2D eigenvalue weighted by atomic mass is 10.1. The molecular weight excluding hydrogens is 194 g/mol. The van der Waals surface area contributed by atoms with Gasteiger partial charge in [0.05, 0.1) is 0 Å². The Labute approximate surface area is 90.8 Å². The highest BCUT2D eigenvalue weighted by Crippen LogP contribution is 2.06. The second kappa shape index (κ2) is 9.30. The number of nitrogens with one attached hydrogen (secondary N) is 2. The number of carbonyl (C=O) groups is 2. The summed E-state index contributed by atoms with van der Waals surface area (Å²) in [7, 11) is 0. The van der Waals surface area contributed by atoms with E-state index in [4.69, 9.17) is 5.73 Å². The van der Waals surface area contributed by atoms with Crippen LogP contribution >= 0.6 is 0 Å². The molecule has 5 heteroatoms. The first-order chi connectivity index (χ1) is 7.16. The van der Waals surface area contributed by atoms with Gasteiger partial charge in [0.1, 0.15) is 0 Å². The summed E-state index contributed by atoms with van der Waals surface area (Å²) in [6, 6.07) is -0.744. The molecule has 0 aliphatic heterocycles. The van der Waals surface area contributed by atoms with Crippen LogP contribution < -0.4 is 16.6 Å². The molecule has 5 nitrogen and oxygen atoms in total. The number of amides is 3. The van der Waals surface area contributed by atoms with Crippen molar-refractivity contribution in [3.8, 4) is 0 Å². The first kappa shape index (κ1) is 13.7. The molecule has 0 fully saturated rings. The van der Waals surface area contributed by atoms with E-state index in [1.54, 1.807) is 0 Å². The summed E-state index contributed by atoms with van der Waals surface area (Å²) in [5, 5.41) is 0. The minimum absolute atomic E-state index is 0.190. The van der Waals surface area contributed by atoms with E-state index >= 15 is 0 Å². The van der Waals surface area contributed by atoms with Crippen LogP contribution in [0.5, 0.6) is 0 Å². The van der Waals surface area contributed by atoms with E-state index in [0.717, 1.165) is 12.8 Å². The minimum atomic E-state index is -0.744. The van der Waals surface area contributed by atoms with Gasteiger partial charge in [-0.2, -0.15) is 0 Å². The first-order valence-electron chi connectivity index (χ1n) is 5.51. The van der Waals surface area contributed by atoms with Crippen LogP contribution in [0, 0.1) is 0 Å². The second-order valence-corrected chi connectivity index (χ2v) is 3.56. The Hall–Kier alpha value is -1.26. The zero-order valence-corrected chi connectivity index (χ0v) is 9.34. The Morgan fingerprint density at radius 1 is 1.00 bits per heavy atom. The average Bonchev–Trinajstić information content (AvgIpc) is 2.20. The molecule has 3 amide bonds. The molecule has 0 spiro atoms. The molecule has 0 bridgehead atoms. The summed E-state index contributed by atoms with van der Waals surface area (Å²) in [6.07, 6.45) is 7.24. The topological polar surface area (TPSA) is 84.2 Å². The Bertz CT molecular complexity index is 195. The summed E-state index contributed by atoms with van der Waals surface area (Å²) < 4.78 is 0. The van der Waals surface area contributed by atoms with Crippen molar-refractivity contribution in [3.63, 3.8) is 0 Å². The van der Waals surface area contributed by atoms with E-state index in [-0.39, 0.29) is 5.91 Å². The fraction of sp³-hybridized carbons (Fsp3) is 0.800. The third-order valence-electron chi connectivity index (χ3n) is 2.08. The highest BCUT2D eigenvalue weighted by Gasteiger charge is 2.00. The summed E-state index contributed by atoms with van der Waals surface area (Å²) in [5.41, 5.74) is 9.05. The number of urea groups is 1. The van der Waals surface area contributed by atoms with Crippen LogP contribution in [-0.4, -0.2) is 11.9 Å². The van der Waals surface area contributed by atoms with E-state index in [1.807, 2.05) is 5.43 Å². The molecule has 0 aromatic heterocycles. The van der Waals surface area contributed by atoms with E-state index in [0.29, 0.717) is 6.42 Å². The predicted octanol–water partition coefficient (Wildman–Crippen LogP) is 1.44. The number of hydrogen-bond acceptors (Lipinski definition) is 2. The Kier molecular flexibility index (Phi) is 8.52. The highest BCUT2D eigenvalue weighted by molar-refractivity contribution is 5.80. The van der Waals surface area contributed by atoms with Gasteiger partial charge >= 0.3 is 6.03 Å². The van der Waals surface area contributed by atoms with Crippen molar-refractivity contribution in [2.45, 2.75) is 51.9 Å². The number of unbranched alkanes of at least 4 members (excludes halogenated alkanes) is 5. The van der Waals surface area contributed by atoms with Crippen molar-refractivity contribution in [2.24, 2.45) is 5.73 Å². The van der Waals surface area contributed by atoms with Crippen molar-refractivity contribution >= 4 is 11.9 Å². The summed E-state index contributed by atoms with van der Waals surface area (Å²) >= 11 is 0. The van der Waals surface area contributed by atoms with Crippen molar-refractivity contribution in [2.75, 3.05) is 0 Å². The molecule has 88 valence electrons. The Morgan fingerprint density at radius 3 is 2.20 bits per heavy atom. The highest BCUT2D eigenvalue weighted by atomic mass is 16.2. The van der Waals surface area contributed by atoms with Crippen LogP contribution in [0.15, 0.2) is 0 Å². The van der Waals surface area contributed by atoms with Crippen LogP contribution in [0.2, 0.25) is 0 Å². The van der Waals surface area contributed by atoms with Gasteiger partial charge in [0, 0.05) is 6.42 Å². The molecule has 0 heterocycles. The van der Waals surface area contributed by atoms with Gasteiger partial charge in [-0.15, -0.1) is 0 Å². The molecule has 0 saturated carbocycles. The third kappa shape index (κ3) is 10.7. The molecule has 0 aliphatic rings. The van der Waals surface area contributed by atoms with E-state index < -0.39 is 6.03 Å². The SMILES string of the molecule is CCCCCCCCC(=O)NNC(N)=O. The molecule has 0 aromatic carbocycles. The number of primary amides is 1. The maximum Gasteiger partial charge on any atom is 0.330 e. The van der Waals surface area contributed by atoms with E-state index in [9.17, 15) is 9.59 Å². The lowest BCUT2D eigenvalue weighted by molar-refractivity contribution is -0.121. The van der Waals surface area contributed by atoms with Gasteiger partial charge in [0.2, 0.25) is 5.91 Å². The fourth-order valence-electron chi connectivity index (χ4n) is 1.26. The van der Waals surface area contributed by atoms with Crippen LogP contribution in [0.25, 0.3) is 0 Å². The summed E-state index contributed by atoms with van der Waals surface area (Å²) in [6.45, 7) is 2.17. The molecule has 0 aliphatic carbocycles. The molecule has 0 rings (SSSR count). The van der Waals surface area contributed by atoms with Gasteiger partial charge in [0.25, 0.3) is 0 Å². The number of nitrogens with two attached hydrogens (primary N) is 1. The van der Waals surface area contributed by atoms with Gasteiger partial charge in [-0.3, -0.25) is 10.2 Å². The second-order valence-electron chi connectivity index (χ2n) is 3.56. The summed E-state index contributed by atoms with van der Waals surface area (Å²) in [4.78, 5) is 21.3. The quantitative estimate of drug-likeness (QED) is 0.443. The normalized spacial score (nSPS) is 9.67. The van der Waals surface area contributed by atoms with Gasteiger partial charge < -0.3 is 5.73 Å². The molecule has 0 saturated heterocycles. The van der Waals surface area contributed by atoms with Gasteiger partial charge in [0.15, 0.2) is 0 Å². The standard InChI is InChI=1S/C10H21N3O2/c1-2-3-4-5-6-7-8-9(14)12-13-10(11)15/h2-8H2,1H3,(H,12,14)(H3,11,13,15). The smallest absolute Gasteiger partial charge is 0.330 e. The maximum absolute atomic E-state index is 11.1. The lowest BCUT2D eigenvalue weighted by Gasteiger charge is -2.04. The van der Waals surface area contributed by atoms with Crippen molar-refractivity contribution in [1.82, 2.24) is 10.9 Å². The average molecular weight is 215 g/mol. The zero-order valence-electron chi connectivity index (χ0n) is 9.34. The Morgan fingerprint density at radius 2 is 1.60 bits per heavy atom. The number of carbonyl (C=O) groups excluding carboxylic acids is 2. The molecular formula is C10H21N3O2. The van der Waals surface area contributed by atoms with Gasteiger partial charge in [-0.1, -0.05) is 39.0 Å². The molecule has 0 unspecified atom stereocenters. The van der Waals surface area contributed by atoms with Crippen molar-refractivity contribution in [3.05, 3.63) is 0 Å². The summed E-state index contributed by atoms with van der Waals surface area (Å²) in [5.74, 6) is -0.190. The van der Waals surface area contributed by atoms with Crippen LogP contribution in [-0.2, 0) is 4.79 Å². The Balaban J connectivity index is 3.20. The van der Waals surface area contributed by atoms with Crippen LogP contribution in [0.4, 0.5) is 4.79 Å². The van der Waals surface area contributed by atoms with E-state index in [2.05, 4.69) is 12.3 Å². The lowest BCUT2D eigenvalue weighted by Crippen LogP contribution is -2.44. The number of rotatable bonds is 7. The minimum Gasteiger partial charge on any atom is -0.350 e. The predicted molar refractivity (Wildman–Crippen MR) is 58.9 cm³/mol. The largest absolute Gasteiger partial charge is 0.350 e. The van der Waals surface area contributed by atoms with Crippen molar-refractivity contribution in [1.29, 1.82) is 0 Å². The molecule has 15 heavy (non-hydrogen) atoms. The van der Waals surface area contributed by atoms with Gasteiger partial charge in [-0.05, 0) is 6.42 Å². The van der Waals surface area contributed by atoms with Crippen molar-refractivity contribution < 1.29 is 9.59 Å². The first-order valence-corrected chi connectivity index (χ1v) is 5.51. The third-order valence-corrected chi connectivity index (χ3v) is 2.08. The molecule has 0 aromatic rings. The van der Waals surface area contributed by atoms with Crippen LogP contribution in [0.3, 0.4) is 0 Å². The number of hydrogen-bond donors (Lipinski definition) is 3. The van der Waals surface area contributed by atoms with Gasteiger partial charge in [-0.25, -0.2) is 10.2 Å².